The summed E-state index contributed by atoms with van der Waals surface area (Å²) in [5, 5.41) is 0. The first-order valence-corrected chi connectivity index (χ1v) is 7.08. The molecule has 0 fully saturated rings. The van der Waals surface area contributed by atoms with Gasteiger partial charge in [-0.2, -0.15) is 0 Å². The van der Waals surface area contributed by atoms with Crippen LogP contribution in [0.3, 0.4) is 0 Å². The van der Waals surface area contributed by atoms with Crippen molar-refractivity contribution in [2.75, 3.05) is 13.1 Å². The third kappa shape index (κ3) is 9.10. The number of nitrogens with zero attached hydrogens (tertiary/aromatic N) is 1. The first-order chi connectivity index (χ1) is 8.11. The maximum Gasteiger partial charge on any atom is 0.222 e. The maximum absolute atomic E-state index is 11.9. The van der Waals surface area contributed by atoms with Crippen molar-refractivity contribution in [2.24, 2.45) is 5.73 Å². The predicted molar refractivity (Wildman–Crippen MR) is 77.0 cm³/mol. The number of nitrogens with two attached hydrogens (primary N) is 1. The van der Waals surface area contributed by atoms with E-state index >= 15 is 0 Å². The molecule has 1 amide bonds. The predicted octanol–water partition coefficient (Wildman–Crippen LogP) is 2.87. The van der Waals surface area contributed by atoms with Crippen LogP contribution in [0.5, 0.6) is 0 Å². The molecule has 0 spiro atoms. The van der Waals surface area contributed by atoms with Gasteiger partial charge in [-0.1, -0.05) is 51.7 Å². The molecule has 4 heteroatoms. The number of amides is 1. The molecule has 0 aromatic carbocycles. The van der Waals surface area contributed by atoms with Crippen molar-refractivity contribution in [2.45, 2.75) is 58.8 Å². The Balaban J connectivity index is 3.84. The number of rotatable bonds is 10. The summed E-state index contributed by atoms with van der Waals surface area (Å²) in [5.74, 6) is 0.191. The molecule has 0 radical (unpaired) electrons. The lowest BCUT2D eigenvalue weighted by atomic mass is 10.1. The van der Waals surface area contributed by atoms with Crippen molar-refractivity contribution in [3.63, 3.8) is 0 Å². The van der Waals surface area contributed by atoms with E-state index in [4.69, 9.17) is 18.0 Å². The molecule has 0 bridgehead atoms. The van der Waals surface area contributed by atoms with E-state index in [9.17, 15) is 4.79 Å². The molecule has 2 N–H and O–H groups in total. The van der Waals surface area contributed by atoms with E-state index < -0.39 is 0 Å². The Bertz CT molecular complexity index is 231. The second-order valence-electron chi connectivity index (χ2n) is 4.45. The molecule has 0 aromatic rings. The van der Waals surface area contributed by atoms with E-state index in [1.807, 2.05) is 0 Å². The van der Waals surface area contributed by atoms with Gasteiger partial charge in [0.2, 0.25) is 5.91 Å². The van der Waals surface area contributed by atoms with Crippen molar-refractivity contribution in [3.8, 4) is 0 Å². The van der Waals surface area contributed by atoms with E-state index in [2.05, 4.69) is 13.8 Å². The molecule has 0 aromatic heterocycles. The minimum absolute atomic E-state index is 0.191. The van der Waals surface area contributed by atoms with E-state index in [1.54, 1.807) is 4.90 Å². The molecule has 0 aliphatic carbocycles. The van der Waals surface area contributed by atoms with E-state index in [0.29, 0.717) is 18.0 Å². The molecule has 0 aliphatic heterocycles. The third-order valence-electron chi connectivity index (χ3n) is 2.69. The van der Waals surface area contributed by atoms with Crippen LogP contribution in [-0.2, 0) is 4.79 Å². The SMILES string of the molecule is CCCCCCCC(=O)N(CCC)CC(N)=S. The van der Waals surface area contributed by atoms with Crippen LogP contribution in [0, 0.1) is 0 Å². The molecule has 100 valence electrons. The van der Waals surface area contributed by atoms with Gasteiger partial charge in [-0.05, 0) is 12.8 Å². The summed E-state index contributed by atoms with van der Waals surface area (Å²) in [4.78, 5) is 14.1. The Morgan fingerprint density at radius 3 is 2.29 bits per heavy atom. The zero-order chi connectivity index (χ0) is 13.1. The van der Waals surface area contributed by atoms with E-state index in [0.717, 1.165) is 25.8 Å². The van der Waals surface area contributed by atoms with Gasteiger partial charge in [0.05, 0.1) is 11.5 Å². The maximum atomic E-state index is 11.9. The Labute approximate surface area is 111 Å². The van der Waals surface area contributed by atoms with Crippen LogP contribution in [0.25, 0.3) is 0 Å². The molecule has 0 rings (SSSR count). The molecule has 0 atom stereocenters. The summed E-state index contributed by atoms with van der Waals surface area (Å²) in [6.07, 6.45) is 7.43. The Hall–Kier alpha value is -0.640. The molecule has 17 heavy (non-hydrogen) atoms. The average Bonchev–Trinajstić information content (AvgIpc) is 2.27. The fraction of sp³-hybridized carbons (Fsp3) is 0.846. The number of hydrogen-bond acceptors (Lipinski definition) is 2. The molecule has 0 aliphatic rings. The van der Waals surface area contributed by atoms with E-state index in [1.165, 1.54) is 19.3 Å². The minimum atomic E-state index is 0.191. The second kappa shape index (κ2) is 10.5. The molecule has 0 unspecified atom stereocenters. The van der Waals surface area contributed by atoms with Gasteiger partial charge in [-0.3, -0.25) is 4.79 Å². The largest absolute Gasteiger partial charge is 0.392 e. The van der Waals surface area contributed by atoms with Crippen molar-refractivity contribution >= 4 is 23.1 Å². The van der Waals surface area contributed by atoms with Crippen LogP contribution in [0.2, 0.25) is 0 Å². The van der Waals surface area contributed by atoms with Gasteiger partial charge in [0.15, 0.2) is 0 Å². The first kappa shape index (κ1) is 16.4. The van der Waals surface area contributed by atoms with Crippen LogP contribution in [0.1, 0.15) is 58.8 Å². The number of carbonyl (C=O) groups is 1. The van der Waals surface area contributed by atoms with Crippen LogP contribution in [0.15, 0.2) is 0 Å². The lowest BCUT2D eigenvalue weighted by Crippen LogP contribution is -2.38. The van der Waals surface area contributed by atoms with Crippen LogP contribution in [-0.4, -0.2) is 28.9 Å². The fourth-order valence-corrected chi connectivity index (χ4v) is 1.94. The highest BCUT2D eigenvalue weighted by atomic mass is 32.1. The number of hydrogen-bond donors (Lipinski definition) is 1. The van der Waals surface area contributed by atoms with E-state index in [-0.39, 0.29) is 5.91 Å². The summed E-state index contributed by atoms with van der Waals surface area (Å²) in [5.41, 5.74) is 5.49. The summed E-state index contributed by atoms with van der Waals surface area (Å²) in [6.45, 7) is 5.43. The third-order valence-corrected chi connectivity index (χ3v) is 2.82. The smallest absolute Gasteiger partial charge is 0.222 e. The molecule has 0 saturated carbocycles. The van der Waals surface area contributed by atoms with Crippen LogP contribution in [0.4, 0.5) is 0 Å². The zero-order valence-electron chi connectivity index (χ0n) is 11.2. The van der Waals surface area contributed by atoms with Gasteiger partial charge in [0, 0.05) is 13.0 Å². The topological polar surface area (TPSA) is 46.3 Å². The monoisotopic (exact) mass is 258 g/mol. The Morgan fingerprint density at radius 2 is 1.76 bits per heavy atom. The lowest BCUT2D eigenvalue weighted by molar-refractivity contribution is -0.130. The Morgan fingerprint density at radius 1 is 1.12 bits per heavy atom. The Kier molecular flexibility index (Phi) is 10.1. The fourth-order valence-electron chi connectivity index (χ4n) is 1.79. The molecular weight excluding hydrogens is 232 g/mol. The number of thiocarbonyl (C=S) groups is 1. The lowest BCUT2D eigenvalue weighted by Gasteiger charge is -2.21. The number of carbonyl (C=O) groups excluding carboxylic acids is 1. The van der Waals surface area contributed by atoms with Crippen LogP contribution >= 0.6 is 12.2 Å². The highest BCUT2D eigenvalue weighted by Crippen LogP contribution is 2.07. The van der Waals surface area contributed by atoms with Crippen molar-refractivity contribution in [1.29, 1.82) is 0 Å². The first-order valence-electron chi connectivity index (χ1n) is 6.67. The molecule has 0 saturated heterocycles. The highest BCUT2D eigenvalue weighted by Gasteiger charge is 2.12. The summed E-state index contributed by atoms with van der Waals surface area (Å²) in [6, 6.07) is 0. The van der Waals surface area contributed by atoms with Crippen molar-refractivity contribution in [3.05, 3.63) is 0 Å². The summed E-state index contributed by atoms with van der Waals surface area (Å²) < 4.78 is 0. The highest BCUT2D eigenvalue weighted by molar-refractivity contribution is 7.80. The van der Waals surface area contributed by atoms with Gasteiger partial charge in [0.25, 0.3) is 0 Å². The average molecular weight is 258 g/mol. The summed E-state index contributed by atoms with van der Waals surface area (Å²) >= 11 is 4.86. The zero-order valence-corrected chi connectivity index (χ0v) is 12.0. The standard InChI is InChI=1S/C13H26N2OS/c1-3-5-6-7-8-9-13(16)15(10-4-2)11-12(14)17/h3-11H2,1-2H3,(H2,14,17). The van der Waals surface area contributed by atoms with Gasteiger partial charge in [-0.25, -0.2) is 0 Å². The van der Waals surface area contributed by atoms with Crippen LogP contribution < -0.4 is 5.73 Å². The minimum Gasteiger partial charge on any atom is -0.392 e. The molecule has 0 heterocycles. The molecular formula is C13H26N2OS. The van der Waals surface area contributed by atoms with Gasteiger partial charge in [0.1, 0.15) is 0 Å². The van der Waals surface area contributed by atoms with Gasteiger partial charge in [-0.15, -0.1) is 0 Å². The molecule has 3 nitrogen and oxygen atoms in total. The second-order valence-corrected chi connectivity index (χ2v) is 4.97. The van der Waals surface area contributed by atoms with Gasteiger partial charge >= 0.3 is 0 Å². The summed E-state index contributed by atoms with van der Waals surface area (Å²) in [7, 11) is 0. The van der Waals surface area contributed by atoms with Gasteiger partial charge < -0.3 is 10.6 Å². The normalized spacial score (nSPS) is 10.2. The quantitative estimate of drug-likeness (QED) is 0.484. The van der Waals surface area contributed by atoms with Crippen molar-refractivity contribution < 1.29 is 4.79 Å². The number of unbranched alkanes of at least 4 members (excludes halogenated alkanes) is 4. The van der Waals surface area contributed by atoms with Crippen molar-refractivity contribution in [1.82, 2.24) is 4.90 Å².